The highest BCUT2D eigenvalue weighted by Gasteiger charge is 2.39. The van der Waals surface area contributed by atoms with Crippen LogP contribution in [0.3, 0.4) is 0 Å². The third-order valence-corrected chi connectivity index (χ3v) is 3.50. The van der Waals surface area contributed by atoms with Gasteiger partial charge in [-0.3, -0.25) is 0 Å². The SMILES string of the molecule is COC(=O)C(Oc1cc(C)cc(C)c1C)C1CC1. The minimum absolute atomic E-state index is 0.268. The molecule has 0 spiro atoms. The molecule has 1 aromatic rings. The average Bonchev–Trinajstić information content (AvgIpc) is 3.15. The van der Waals surface area contributed by atoms with E-state index in [1.54, 1.807) is 0 Å². The lowest BCUT2D eigenvalue weighted by Gasteiger charge is -2.19. The van der Waals surface area contributed by atoms with Crippen LogP contribution in [-0.2, 0) is 9.53 Å². The van der Waals surface area contributed by atoms with Crippen molar-refractivity contribution in [2.45, 2.75) is 39.7 Å². The lowest BCUT2D eigenvalue weighted by atomic mass is 10.1. The third kappa shape index (κ3) is 2.66. The van der Waals surface area contributed by atoms with E-state index in [9.17, 15) is 4.79 Å². The van der Waals surface area contributed by atoms with Crippen LogP contribution in [0.2, 0.25) is 0 Å². The summed E-state index contributed by atoms with van der Waals surface area (Å²) < 4.78 is 10.7. The second-order valence-corrected chi connectivity index (χ2v) is 5.10. The van der Waals surface area contributed by atoms with Gasteiger partial charge in [0.2, 0.25) is 0 Å². The molecule has 0 saturated heterocycles. The van der Waals surface area contributed by atoms with Crippen molar-refractivity contribution in [1.82, 2.24) is 0 Å². The van der Waals surface area contributed by atoms with Crippen molar-refractivity contribution in [2.75, 3.05) is 7.11 Å². The molecule has 0 amide bonds. The zero-order valence-electron chi connectivity index (χ0n) is 11.4. The molecule has 1 unspecified atom stereocenters. The lowest BCUT2D eigenvalue weighted by Crippen LogP contribution is -2.31. The third-order valence-electron chi connectivity index (χ3n) is 3.50. The summed E-state index contributed by atoms with van der Waals surface area (Å²) in [7, 11) is 1.41. The first-order valence-electron chi connectivity index (χ1n) is 6.35. The molecule has 1 fully saturated rings. The number of benzene rings is 1. The summed E-state index contributed by atoms with van der Waals surface area (Å²) in [6, 6.07) is 4.10. The van der Waals surface area contributed by atoms with E-state index >= 15 is 0 Å². The number of carbonyl (C=O) groups excluding carboxylic acids is 1. The topological polar surface area (TPSA) is 35.5 Å². The molecule has 2 rings (SSSR count). The van der Waals surface area contributed by atoms with Crippen molar-refractivity contribution in [1.29, 1.82) is 0 Å². The molecule has 0 aliphatic heterocycles. The molecule has 18 heavy (non-hydrogen) atoms. The molecule has 0 aromatic heterocycles. The second kappa shape index (κ2) is 5.01. The van der Waals surface area contributed by atoms with E-state index < -0.39 is 6.10 Å². The van der Waals surface area contributed by atoms with Gasteiger partial charge < -0.3 is 9.47 Å². The van der Waals surface area contributed by atoms with Gasteiger partial charge in [-0.05, 0) is 56.4 Å². The Labute approximate surface area is 108 Å². The van der Waals surface area contributed by atoms with Crippen molar-refractivity contribution < 1.29 is 14.3 Å². The maximum Gasteiger partial charge on any atom is 0.347 e. The van der Waals surface area contributed by atoms with Gasteiger partial charge in [0, 0.05) is 5.92 Å². The molecule has 1 aromatic carbocycles. The zero-order chi connectivity index (χ0) is 13.3. The maximum absolute atomic E-state index is 11.7. The molecule has 0 N–H and O–H groups in total. The largest absolute Gasteiger partial charge is 0.478 e. The highest BCUT2D eigenvalue weighted by atomic mass is 16.6. The maximum atomic E-state index is 11.7. The van der Waals surface area contributed by atoms with Gasteiger partial charge in [-0.1, -0.05) is 6.07 Å². The number of methoxy groups -OCH3 is 1. The van der Waals surface area contributed by atoms with E-state index in [1.807, 2.05) is 19.9 Å². The van der Waals surface area contributed by atoms with Crippen molar-refractivity contribution >= 4 is 5.97 Å². The van der Waals surface area contributed by atoms with E-state index in [0.29, 0.717) is 5.92 Å². The molecule has 1 aliphatic rings. The fourth-order valence-corrected chi connectivity index (χ4v) is 2.11. The van der Waals surface area contributed by atoms with Crippen LogP contribution in [-0.4, -0.2) is 19.2 Å². The molecule has 0 heterocycles. The lowest BCUT2D eigenvalue weighted by molar-refractivity contribution is -0.149. The highest BCUT2D eigenvalue weighted by molar-refractivity contribution is 5.76. The summed E-state index contributed by atoms with van der Waals surface area (Å²) in [5, 5.41) is 0. The van der Waals surface area contributed by atoms with Crippen molar-refractivity contribution in [3.63, 3.8) is 0 Å². The molecule has 1 aliphatic carbocycles. The van der Waals surface area contributed by atoms with Crippen molar-refractivity contribution in [3.8, 4) is 5.75 Å². The van der Waals surface area contributed by atoms with Crippen LogP contribution in [0, 0.1) is 26.7 Å². The van der Waals surface area contributed by atoms with Gasteiger partial charge in [0.1, 0.15) is 5.75 Å². The van der Waals surface area contributed by atoms with Crippen molar-refractivity contribution in [3.05, 3.63) is 28.8 Å². The van der Waals surface area contributed by atoms with Crippen LogP contribution in [0.5, 0.6) is 5.75 Å². The predicted molar refractivity (Wildman–Crippen MR) is 69.8 cm³/mol. The first-order chi connectivity index (χ1) is 8.52. The molecule has 98 valence electrons. The second-order valence-electron chi connectivity index (χ2n) is 5.10. The van der Waals surface area contributed by atoms with Gasteiger partial charge in [-0.15, -0.1) is 0 Å². The quantitative estimate of drug-likeness (QED) is 0.768. The van der Waals surface area contributed by atoms with Crippen LogP contribution in [0.25, 0.3) is 0 Å². The fourth-order valence-electron chi connectivity index (χ4n) is 2.11. The Morgan fingerprint density at radius 1 is 1.28 bits per heavy atom. The van der Waals surface area contributed by atoms with Crippen LogP contribution in [0.4, 0.5) is 0 Å². The molecule has 1 atom stereocenters. The Hall–Kier alpha value is -1.51. The molecular weight excluding hydrogens is 228 g/mol. The van der Waals surface area contributed by atoms with Crippen LogP contribution < -0.4 is 4.74 Å². The van der Waals surface area contributed by atoms with Gasteiger partial charge in [0.05, 0.1) is 7.11 Å². The summed E-state index contributed by atoms with van der Waals surface area (Å²) in [5.41, 5.74) is 3.42. The Balaban J connectivity index is 2.23. The number of esters is 1. The summed E-state index contributed by atoms with van der Waals surface area (Å²) >= 11 is 0. The molecular formula is C15H20O3. The molecule has 1 saturated carbocycles. The van der Waals surface area contributed by atoms with Gasteiger partial charge >= 0.3 is 5.97 Å². The van der Waals surface area contributed by atoms with Gasteiger partial charge in [0.15, 0.2) is 6.10 Å². The van der Waals surface area contributed by atoms with Gasteiger partial charge in [0.25, 0.3) is 0 Å². The van der Waals surface area contributed by atoms with Gasteiger partial charge in [-0.25, -0.2) is 4.79 Å². The number of rotatable bonds is 4. The summed E-state index contributed by atoms with van der Waals surface area (Å²) in [4.78, 5) is 11.7. The number of hydrogen-bond donors (Lipinski definition) is 0. The van der Waals surface area contributed by atoms with Crippen LogP contribution in [0.1, 0.15) is 29.5 Å². The van der Waals surface area contributed by atoms with Crippen LogP contribution in [0.15, 0.2) is 12.1 Å². The first kappa shape index (κ1) is 12.9. The van der Waals surface area contributed by atoms with E-state index in [-0.39, 0.29) is 5.97 Å². The highest BCUT2D eigenvalue weighted by Crippen LogP contribution is 2.36. The van der Waals surface area contributed by atoms with E-state index in [2.05, 4.69) is 13.0 Å². The monoisotopic (exact) mass is 248 g/mol. The number of carbonyl (C=O) groups is 1. The summed E-state index contributed by atoms with van der Waals surface area (Å²) in [6.07, 6.45) is 1.64. The zero-order valence-corrected chi connectivity index (χ0v) is 11.4. The Morgan fingerprint density at radius 3 is 2.50 bits per heavy atom. The van der Waals surface area contributed by atoms with Gasteiger partial charge in [-0.2, -0.15) is 0 Å². The van der Waals surface area contributed by atoms with E-state index in [4.69, 9.17) is 9.47 Å². The molecule has 0 radical (unpaired) electrons. The van der Waals surface area contributed by atoms with E-state index in [0.717, 1.165) is 29.7 Å². The van der Waals surface area contributed by atoms with Crippen LogP contribution >= 0.6 is 0 Å². The normalized spacial score (nSPS) is 16.2. The number of ether oxygens (including phenoxy) is 2. The smallest absolute Gasteiger partial charge is 0.347 e. The van der Waals surface area contributed by atoms with Crippen molar-refractivity contribution in [2.24, 2.45) is 5.92 Å². The molecule has 0 bridgehead atoms. The Morgan fingerprint density at radius 2 is 1.94 bits per heavy atom. The number of hydrogen-bond acceptors (Lipinski definition) is 3. The Kier molecular flexibility index (Phi) is 3.60. The summed E-state index contributed by atoms with van der Waals surface area (Å²) in [5.74, 6) is 0.850. The minimum atomic E-state index is -0.449. The standard InChI is InChI=1S/C15H20O3/c1-9-7-10(2)11(3)13(8-9)18-14(12-5-6-12)15(16)17-4/h7-8,12,14H,5-6H2,1-4H3. The van der Waals surface area contributed by atoms with E-state index in [1.165, 1.54) is 12.7 Å². The first-order valence-corrected chi connectivity index (χ1v) is 6.35. The fraction of sp³-hybridized carbons (Fsp3) is 0.533. The predicted octanol–water partition coefficient (Wildman–Crippen LogP) is 2.94. The summed E-state index contributed by atoms with van der Waals surface area (Å²) in [6.45, 7) is 6.11. The Bertz CT molecular complexity index is 461. The average molecular weight is 248 g/mol. The molecule has 3 heteroatoms. The molecule has 3 nitrogen and oxygen atoms in total. The number of aryl methyl sites for hydroxylation is 2. The minimum Gasteiger partial charge on any atom is -0.478 e.